The van der Waals surface area contributed by atoms with Crippen LogP contribution in [0.3, 0.4) is 0 Å². The average Bonchev–Trinajstić information content (AvgIpc) is 3.66. The zero-order valence-corrected chi connectivity index (χ0v) is 27.0. The van der Waals surface area contributed by atoms with E-state index in [1.807, 2.05) is 24.0 Å². The van der Waals surface area contributed by atoms with Crippen molar-refractivity contribution < 1.29 is 42.4 Å². The maximum absolute atomic E-state index is 14.4. The van der Waals surface area contributed by atoms with Crippen LogP contribution in [-0.4, -0.2) is 35.9 Å². The van der Waals surface area contributed by atoms with Gasteiger partial charge in [0, 0.05) is 18.1 Å². The van der Waals surface area contributed by atoms with E-state index in [1.54, 1.807) is 42.5 Å². The summed E-state index contributed by atoms with van der Waals surface area (Å²) in [6, 6.07) is 17.1. The van der Waals surface area contributed by atoms with Crippen molar-refractivity contribution in [3.05, 3.63) is 112 Å². The summed E-state index contributed by atoms with van der Waals surface area (Å²) >= 11 is 12.4. The van der Waals surface area contributed by atoms with Crippen LogP contribution in [0.25, 0.3) is 5.41 Å². The standard InChI is InChI=1S/C23H23Cl2FN3.C7H7O2S.Na/c1-2-3-5-16-6-4-7-18(25)21(16)22(27)29-13-12-28(15-23(29)10-11-23)20-9-8-17(24)14-19(20)26;1-6-2-4-7(5-3-6)10(8)9;/h4-9,14H,1-3,10-13,15H2;2-5H,1H3;/q-3;-1;+1. The monoisotopic (exact) mass is 608 g/mol. The minimum atomic E-state index is -2.09. The Hall–Kier alpha value is -1.74. The molecule has 1 spiro atoms. The second kappa shape index (κ2) is 14.4. The SMILES string of the molecule is Cc1ccc([S-](=O)=O)cc1.[CH2-]CC[CH-]c1cccc(Cl)c1C(=[N-])N1CCN(c2ccc(Cl)cc2F)CC12CC2.[Na+]. The minimum absolute atomic E-state index is 0. The van der Waals surface area contributed by atoms with Gasteiger partial charge in [0.15, 0.2) is 0 Å². The quantitative estimate of drug-likeness (QED) is 0.134. The summed E-state index contributed by atoms with van der Waals surface area (Å²) in [5.41, 5.74) is 3.01. The van der Waals surface area contributed by atoms with Crippen molar-refractivity contribution in [2.75, 3.05) is 24.5 Å². The number of amidine groups is 1. The van der Waals surface area contributed by atoms with Gasteiger partial charge in [0.2, 0.25) is 0 Å². The first-order chi connectivity index (χ1) is 18.6. The fourth-order valence-electron chi connectivity index (χ4n) is 4.81. The van der Waals surface area contributed by atoms with Crippen LogP contribution < -0.4 is 34.5 Å². The van der Waals surface area contributed by atoms with Gasteiger partial charge in [0.05, 0.1) is 5.69 Å². The second-order valence-corrected chi connectivity index (χ2v) is 11.6. The largest absolute Gasteiger partial charge is 1.00 e. The smallest absolute Gasteiger partial charge is 0.476 e. The third-order valence-corrected chi connectivity index (χ3v) is 8.24. The average molecular weight is 610 g/mol. The summed E-state index contributed by atoms with van der Waals surface area (Å²) < 4.78 is 35.1. The molecule has 2 fully saturated rings. The van der Waals surface area contributed by atoms with Crippen molar-refractivity contribution in [1.29, 1.82) is 0 Å². The van der Waals surface area contributed by atoms with Crippen LogP contribution in [0.4, 0.5) is 10.1 Å². The normalized spacial score (nSPS) is 15.2. The molecule has 0 atom stereocenters. The molecule has 5 nitrogen and oxygen atoms in total. The van der Waals surface area contributed by atoms with Gasteiger partial charge in [-0.05, 0) is 65.8 Å². The molecule has 3 aromatic carbocycles. The van der Waals surface area contributed by atoms with Crippen molar-refractivity contribution in [3.63, 3.8) is 0 Å². The van der Waals surface area contributed by atoms with Gasteiger partial charge in [-0.3, -0.25) is 0 Å². The van der Waals surface area contributed by atoms with Crippen LogP contribution in [0.2, 0.25) is 10.0 Å². The second-order valence-electron chi connectivity index (χ2n) is 9.82. The molecule has 0 amide bonds. The van der Waals surface area contributed by atoms with Crippen molar-refractivity contribution in [3.8, 4) is 0 Å². The summed E-state index contributed by atoms with van der Waals surface area (Å²) in [5.74, 6) is -0.106. The third-order valence-electron chi connectivity index (χ3n) is 7.04. The van der Waals surface area contributed by atoms with E-state index >= 15 is 0 Å². The molecular weight excluding hydrogens is 579 g/mol. The van der Waals surface area contributed by atoms with E-state index in [1.165, 1.54) is 6.07 Å². The van der Waals surface area contributed by atoms with Gasteiger partial charge in [0.1, 0.15) is 5.82 Å². The molecule has 0 unspecified atom stereocenters. The Balaban J connectivity index is 0.000000340. The van der Waals surface area contributed by atoms with Crippen LogP contribution >= 0.6 is 23.2 Å². The molecule has 1 saturated carbocycles. The van der Waals surface area contributed by atoms with E-state index in [-0.39, 0.29) is 46.7 Å². The Morgan fingerprint density at radius 3 is 2.40 bits per heavy atom. The van der Waals surface area contributed by atoms with E-state index in [4.69, 9.17) is 23.2 Å². The fraction of sp³-hybridized carbons (Fsp3) is 0.300. The first-order valence-electron chi connectivity index (χ1n) is 12.8. The van der Waals surface area contributed by atoms with E-state index in [0.717, 1.165) is 36.8 Å². The van der Waals surface area contributed by atoms with Gasteiger partial charge in [-0.1, -0.05) is 64.0 Å². The van der Waals surface area contributed by atoms with Crippen LogP contribution in [0.1, 0.15) is 42.4 Å². The van der Waals surface area contributed by atoms with E-state index in [0.29, 0.717) is 45.8 Å². The predicted octanol–water partition coefficient (Wildman–Crippen LogP) is 4.64. The summed E-state index contributed by atoms with van der Waals surface area (Å²) in [7, 11) is -2.09. The molecule has 1 saturated heterocycles. The van der Waals surface area contributed by atoms with Gasteiger partial charge >= 0.3 is 29.6 Å². The molecule has 0 N–H and O–H groups in total. The van der Waals surface area contributed by atoms with Gasteiger partial charge < -0.3 is 30.6 Å². The van der Waals surface area contributed by atoms with Crippen molar-refractivity contribution in [2.24, 2.45) is 0 Å². The van der Waals surface area contributed by atoms with E-state index < -0.39 is 10.7 Å². The number of rotatable bonds is 6. The fourth-order valence-corrected chi connectivity index (χ4v) is 5.60. The number of hydrogen-bond acceptors (Lipinski definition) is 4. The van der Waals surface area contributed by atoms with Crippen LogP contribution in [0, 0.1) is 26.1 Å². The molecule has 0 aromatic heterocycles. The minimum Gasteiger partial charge on any atom is -0.476 e. The molecule has 1 heterocycles. The molecular formula is C30H30Cl2FN3NaO2S-3. The van der Waals surface area contributed by atoms with Crippen molar-refractivity contribution in [1.82, 2.24) is 4.90 Å². The molecule has 2 aliphatic rings. The number of nitrogens with zero attached hydrogens (tertiary/aromatic N) is 3. The molecule has 5 rings (SSSR count). The van der Waals surface area contributed by atoms with Crippen LogP contribution in [-0.2, 0) is 19.1 Å². The summed E-state index contributed by atoms with van der Waals surface area (Å²) in [4.78, 5) is 4.44. The van der Waals surface area contributed by atoms with Crippen LogP contribution in [0.15, 0.2) is 65.6 Å². The number of hydrogen-bond donors (Lipinski definition) is 0. The first-order valence-corrected chi connectivity index (χ1v) is 14.6. The molecule has 0 radical (unpaired) electrons. The topological polar surface area (TPSA) is 62.9 Å². The number of piperazine rings is 1. The maximum atomic E-state index is 14.4. The summed E-state index contributed by atoms with van der Waals surface area (Å²) in [5, 5.41) is 12.2. The Morgan fingerprint density at radius 1 is 1.10 bits per heavy atom. The molecule has 10 heteroatoms. The molecule has 1 aliphatic heterocycles. The van der Waals surface area contributed by atoms with E-state index in [9.17, 15) is 18.2 Å². The van der Waals surface area contributed by atoms with Gasteiger partial charge in [-0.25, -0.2) is 4.39 Å². The van der Waals surface area contributed by atoms with Gasteiger partial charge in [-0.15, -0.1) is 23.9 Å². The molecule has 3 aromatic rings. The van der Waals surface area contributed by atoms with E-state index in [2.05, 4.69) is 18.2 Å². The summed E-state index contributed by atoms with van der Waals surface area (Å²) in [6.07, 6.45) is 5.55. The maximum Gasteiger partial charge on any atom is 1.00 e. The first kappa shape index (κ1) is 32.8. The number of halogens is 3. The molecule has 208 valence electrons. The third kappa shape index (κ3) is 7.75. The molecule has 1 aliphatic carbocycles. The Labute approximate surface area is 270 Å². The number of benzene rings is 3. The number of unbranched alkanes of at least 4 members (excludes halogenated alkanes) is 1. The van der Waals surface area contributed by atoms with Crippen molar-refractivity contribution >= 4 is 45.4 Å². The Bertz CT molecular complexity index is 1410. The van der Waals surface area contributed by atoms with Gasteiger partial charge in [-0.2, -0.15) is 24.5 Å². The van der Waals surface area contributed by atoms with Gasteiger partial charge in [0.25, 0.3) is 0 Å². The predicted molar refractivity (Wildman–Crippen MR) is 157 cm³/mol. The molecule has 40 heavy (non-hydrogen) atoms. The number of anilines is 1. The zero-order chi connectivity index (χ0) is 28.2. The zero-order valence-electron chi connectivity index (χ0n) is 22.7. The number of aryl methyl sites for hydroxylation is 1. The van der Waals surface area contributed by atoms with Crippen molar-refractivity contribution in [2.45, 2.75) is 43.0 Å². The van der Waals surface area contributed by atoms with Crippen LogP contribution in [0.5, 0.6) is 0 Å². The molecule has 0 bridgehead atoms. The Kier molecular flexibility index (Phi) is 11.8. The Morgan fingerprint density at radius 2 is 1.80 bits per heavy atom. The summed E-state index contributed by atoms with van der Waals surface area (Å²) in [6.45, 7) is 7.64.